The maximum Gasteiger partial charge on any atom is 0.406 e. The monoisotopic (exact) mass is 307 g/mol. The summed E-state index contributed by atoms with van der Waals surface area (Å²) >= 11 is 0. The Kier molecular flexibility index (Phi) is 3.96. The van der Waals surface area contributed by atoms with Gasteiger partial charge in [0.15, 0.2) is 11.2 Å². The molecule has 1 atom stereocenters. The van der Waals surface area contributed by atoms with Gasteiger partial charge in [0.05, 0.1) is 6.54 Å². The molecule has 2 heterocycles. The number of carboxylic acid groups (broad SMARTS) is 1. The SMILES string of the molecule is CC(C)c1nc(CN2CCC(C(=O)O)(C(F)(F)F)C2)no1. The smallest absolute Gasteiger partial charge is 0.406 e. The molecule has 1 aromatic rings. The number of hydrogen-bond donors (Lipinski definition) is 1. The Balaban J connectivity index is 2.09. The molecule has 1 N–H and O–H groups in total. The van der Waals surface area contributed by atoms with Crippen molar-refractivity contribution in [2.45, 2.75) is 38.9 Å². The van der Waals surface area contributed by atoms with Crippen LogP contribution in [0.15, 0.2) is 4.52 Å². The van der Waals surface area contributed by atoms with Crippen LogP contribution in [0.5, 0.6) is 0 Å². The highest BCUT2D eigenvalue weighted by Crippen LogP contribution is 2.45. The molecular formula is C12H16F3N3O3. The number of nitrogens with zero attached hydrogens (tertiary/aromatic N) is 3. The van der Waals surface area contributed by atoms with Crippen molar-refractivity contribution in [3.63, 3.8) is 0 Å². The number of hydrogen-bond acceptors (Lipinski definition) is 5. The normalized spacial score (nSPS) is 23.9. The summed E-state index contributed by atoms with van der Waals surface area (Å²) < 4.78 is 44.1. The van der Waals surface area contributed by atoms with Crippen LogP contribution in [0, 0.1) is 5.41 Å². The minimum atomic E-state index is -4.78. The number of likely N-dealkylation sites (tertiary alicyclic amines) is 1. The second-order valence-corrected chi connectivity index (χ2v) is 5.55. The second kappa shape index (κ2) is 5.28. The van der Waals surface area contributed by atoms with Crippen molar-refractivity contribution in [2.75, 3.05) is 13.1 Å². The van der Waals surface area contributed by atoms with E-state index < -0.39 is 30.5 Å². The second-order valence-electron chi connectivity index (χ2n) is 5.55. The van der Waals surface area contributed by atoms with Gasteiger partial charge in [0.1, 0.15) is 0 Å². The van der Waals surface area contributed by atoms with E-state index in [0.717, 1.165) is 0 Å². The van der Waals surface area contributed by atoms with Crippen LogP contribution < -0.4 is 0 Å². The number of carbonyl (C=O) groups is 1. The Morgan fingerprint density at radius 2 is 2.19 bits per heavy atom. The van der Waals surface area contributed by atoms with Gasteiger partial charge < -0.3 is 9.63 Å². The molecule has 1 aliphatic heterocycles. The van der Waals surface area contributed by atoms with E-state index in [0.29, 0.717) is 5.89 Å². The molecule has 118 valence electrons. The fourth-order valence-corrected chi connectivity index (χ4v) is 2.32. The van der Waals surface area contributed by atoms with Gasteiger partial charge in [-0.1, -0.05) is 19.0 Å². The fraction of sp³-hybridized carbons (Fsp3) is 0.750. The average molecular weight is 307 g/mol. The highest BCUT2D eigenvalue weighted by atomic mass is 19.4. The molecule has 0 aliphatic carbocycles. The van der Waals surface area contributed by atoms with Crippen LogP contribution >= 0.6 is 0 Å². The van der Waals surface area contributed by atoms with E-state index in [1.54, 1.807) is 0 Å². The number of aromatic nitrogens is 2. The highest BCUT2D eigenvalue weighted by Gasteiger charge is 2.63. The van der Waals surface area contributed by atoms with E-state index in [2.05, 4.69) is 10.1 Å². The molecule has 9 heteroatoms. The summed E-state index contributed by atoms with van der Waals surface area (Å²) in [7, 11) is 0. The molecule has 6 nitrogen and oxygen atoms in total. The Bertz CT molecular complexity index is 529. The molecular weight excluding hydrogens is 291 g/mol. The van der Waals surface area contributed by atoms with Gasteiger partial charge in [0.2, 0.25) is 5.89 Å². The highest BCUT2D eigenvalue weighted by molar-refractivity contribution is 5.76. The molecule has 0 saturated carbocycles. The summed E-state index contributed by atoms with van der Waals surface area (Å²) in [4.78, 5) is 16.5. The van der Waals surface area contributed by atoms with Gasteiger partial charge in [-0.15, -0.1) is 0 Å². The lowest BCUT2D eigenvalue weighted by atomic mass is 9.86. The fourth-order valence-electron chi connectivity index (χ4n) is 2.32. The minimum Gasteiger partial charge on any atom is -0.481 e. The summed E-state index contributed by atoms with van der Waals surface area (Å²) in [6.45, 7) is 3.18. The largest absolute Gasteiger partial charge is 0.481 e. The zero-order valence-electron chi connectivity index (χ0n) is 11.6. The third kappa shape index (κ3) is 2.87. The first-order valence-electron chi connectivity index (χ1n) is 6.50. The summed E-state index contributed by atoms with van der Waals surface area (Å²) in [6.07, 6.45) is -5.26. The zero-order valence-corrected chi connectivity index (χ0v) is 11.6. The molecule has 1 aliphatic rings. The lowest BCUT2D eigenvalue weighted by Crippen LogP contribution is -2.47. The van der Waals surface area contributed by atoms with Crippen LogP contribution in [0.2, 0.25) is 0 Å². The molecule has 21 heavy (non-hydrogen) atoms. The minimum absolute atomic E-state index is 0.0252. The van der Waals surface area contributed by atoms with Gasteiger partial charge in [-0.2, -0.15) is 18.2 Å². The van der Waals surface area contributed by atoms with Gasteiger partial charge in [0.25, 0.3) is 0 Å². The predicted molar refractivity (Wildman–Crippen MR) is 64.4 cm³/mol. The topological polar surface area (TPSA) is 79.5 Å². The van der Waals surface area contributed by atoms with Gasteiger partial charge in [-0.25, -0.2) is 0 Å². The third-order valence-electron chi connectivity index (χ3n) is 3.64. The van der Waals surface area contributed by atoms with Gasteiger partial charge >= 0.3 is 12.1 Å². The van der Waals surface area contributed by atoms with Crippen molar-refractivity contribution >= 4 is 5.97 Å². The van der Waals surface area contributed by atoms with E-state index in [1.165, 1.54) is 4.90 Å². The molecule has 0 spiro atoms. The molecule has 1 saturated heterocycles. The summed E-state index contributed by atoms with van der Waals surface area (Å²) in [5.41, 5.74) is -2.71. The van der Waals surface area contributed by atoms with Gasteiger partial charge in [-0.3, -0.25) is 9.69 Å². The van der Waals surface area contributed by atoms with Crippen LogP contribution in [0.3, 0.4) is 0 Å². The summed E-state index contributed by atoms with van der Waals surface area (Å²) in [6, 6.07) is 0. The first-order chi connectivity index (χ1) is 9.65. The van der Waals surface area contributed by atoms with Crippen molar-refractivity contribution in [3.8, 4) is 0 Å². The maximum atomic E-state index is 13.0. The quantitative estimate of drug-likeness (QED) is 0.917. The Morgan fingerprint density at radius 1 is 1.52 bits per heavy atom. The first kappa shape index (κ1) is 15.7. The Morgan fingerprint density at radius 3 is 2.62 bits per heavy atom. The zero-order chi connectivity index (χ0) is 15.8. The van der Waals surface area contributed by atoms with E-state index in [1.807, 2.05) is 13.8 Å². The van der Waals surface area contributed by atoms with Gasteiger partial charge in [0, 0.05) is 19.0 Å². The number of halogens is 3. The number of rotatable bonds is 4. The summed E-state index contributed by atoms with van der Waals surface area (Å²) in [5, 5.41) is 12.7. The molecule has 1 aromatic heterocycles. The first-order valence-corrected chi connectivity index (χ1v) is 6.50. The molecule has 1 unspecified atom stereocenters. The number of aliphatic carboxylic acids is 1. The van der Waals surface area contributed by atoms with E-state index in [-0.39, 0.29) is 24.8 Å². The van der Waals surface area contributed by atoms with E-state index in [9.17, 15) is 18.0 Å². The van der Waals surface area contributed by atoms with E-state index in [4.69, 9.17) is 9.63 Å². The predicted octanol–water partition coefficient (Wildman–Crippen LogP) is 2.03. The summed E-state index contributed by atoms with van der Waals surface area (Å²) in [5.74, 6) is -1.14. The van der Waals surface area contributed by atoms with Crippen molar-refractivity contribution in [1.29, 1.82) is 0 Å². The molecule has 0 aromatic carbocycles. The van der Waals surface area contributed by atoms with Crippen LogP contribution in [-0.2, 0) is 11.3 Å². The van der Waals surface area contributed by atoms with Crippen molar-refractivity contribution < 1.29 is 27.6 Å². The Hall–Kier alpha value is -1.64. The standard InChI is InChI=1S/C12H16F3N3O3/c1-7(2)9-16-8(17-21-9)5-18-4-3-11(6-18,10(19)20)12(13,14)15/h7H,3-6H2,1-2H3,(H,19,20). The van der Waals surface area contributed by atoms with Crippen LogP contribution in [0.25, 0.3) is 0 Å². The van der Waals surface area contributed by atoms with Crippen LogP contribution in [-0.4, -0.2) is 45.4 Å². The average Bonchev–Trinajstić information content (AvgIpc) is 2.95. The Labute approximate surface area is 118 Å². The van der Waals surface area contributed by atoms with Gasteiger partial charge in [-0.05, 0) is 6.42 Å². The number of carboxylic acids is 1. The molecule has 0 amide bonds. The molecule has 0 bridgehead atoms. The molecule has 2 rings (SSSR count). The molecule has 1 fully saturated rings. The van der Waals surface area contributed by atoms with E-state index >= 15 is 0 Å². The lowest BCUT2D eigenvalue weighted by Gasteiger charge is -2.27. The van der Waals surface area contributed by atoms with Crippen molar-refractivity contribution in [2.24, 2.45) is 5.41 Å². The molecule has 0 radical (unpaired) electrons. The van der Waals surface area contributed by atoms with Crippen LogP contribution in [0.1, 0.15) is 37.9 Å². The third-order valence-corrected chi connectivity index (χ3v) is 3.64. The number of alkyl halides is 3. The van der Waals surface area contributed by atoms with Crippen molar-refractivity contribution in [3.05, 3.63) is 11.7 Å². The lowest BCUT2D eigenvalue weighted by molar-refractivity contribution is -0.227. The van der Waals surface area contributed by atoms with Crippen molar-refractivity contribution in [1.82, 2.24) is 15.0 Å². The van der Waals surface area contributed by atoms with Crippen LogP contribution in [0.4, 0.5) is 13.2 Å². The maximum absolute atomic E-state index is 13.0.